The number of para-hydroxylation sites is 1. The van der Waals surface area contributed by atoms with E-state index in [1.165, 1.54) is 0 Å². The summed E-state index contributed by atoms with van der Waals surface area (Å²) >= 11 is 0. The number of pyridine rings is 1. The molecule has 0 saturated heterocycles. The Kier molecular flexibility index (Phi) is 6.95. The van der Waals surface area contributed by atoms with Crippen LogP contribution in [0.5, 0.6) is 0 Å². The van der Waals surface area contributed by atoms with Gasteiger partial charge in [-0.1, -0.05) is 32.0 Å². The highest BCUT2D eigenvalue weighted by molar-refractivity contribution is 6.03. The van der Waals surface area contributed by atoms with E-state index < -0.39 is 0 Å². The Hall–Kier alpha value is -2.40. The molecule has 0 radical (unpaired) electrons. The van der Waals surface area contributed by atoms with Gasteiger partial charge in [-0.2, -0.15) is 0 Å². The predicted molar refractivity (Wildman–Crippen MR) is 104 cm³/mol. The van der Waals surface area contributed by atoms with Gasteiger partial charge in [-0.05, 0) is 56.7 Å². The van der Waals surface area contributed by atoms with Crippen LogP contribution in [-0.2, 0) is 0 Å². The second-order valence-corrected chi connectivity index (χ2v) is 6.71. The summed E-state index contributed by atoms with van der Waals surface area (Å²) < 4.78 is 0. The molecule has 1 heterocycles. The molecular formula is C20H28N4O. The lowest BCUT2D eigenvalue weighted by Gasteiger charge is -2.13. The van der Waals surface area contributed by atoms with E-state index in [0.717, 1.165) is 36.4 Å². The van der Waals surface area contributed by atoms with Crippen molar-refractivity contribution in [2.24, 2.45) is 0 Å². The average Bonchev–Trinajstić information content (AvgIpc) is 2.59. The normalized spacial score (nSPS) is 11.0. The number of carbonyl (C=O) groups excluding carboxylic acids is 1. The van der Waals surface area contributed by atoms with Gasteiger partial charge in [-0.25, -0.2) is 4.98 Å². The lowest BCUT2D eigenvalue weighted by atomic mass is 10.0. The fraction of sp³-hybridized carbons (Fsp3) is 0.400. The van der Waals surface area contributed by atoms with E-state index in [1.54, 1.807) is 12.3 Å². The molecule has 2 rings (SSSR count). The standard InChI is InChI=1S/C20H28N4O/c1-15(2)17-8-5-6-9-18(17)23-20(25)19-11-10-16(14-22-19)21-12-7-13-24(3)4/h5-6,8-11,14-15,21H,7,12-13H2,1-4H3,(H,23,25). The lowest BCUT2D eigenvalue weighted by Crippen LogP contribution is -2.17. The SMILES string of the molecule is CC(C)c1ccccc1NC(=O)c1ccc(NCCCN(C)C)cn1. The number of amides is 1. The van der Waals surface area contributed by atoms with Gasteiger partial charge < -0.3 is 15.5 Å². The number of hydrogen-bond donors (Lipinski definition) is 2. The van der Waals surface area contributed by atoms with Crippen molar-refractivity contribution < 1.29 is 4.79 Å². The van der Waals surface area contributed by atoms with Crippen LogP contribution in [-0.4, -0.2) is 43.0 Å². The summed E-state index contributed by atoms with van der Waals surface area (Å²) in [6.07, 6.45) is 2.76. The van der Waals surface area contributed by atoms with Crippen LogP contribution in [0.3, 0.4) is 0 Å². The van der Waals surface area contributed by atoms with Gasteiger partial charge in [0.15, 0.2) is 0 Å². The van der Waals surface area contributed by atoms with Crippen molar-refractivity contribution in [1.29, 1.82) is 0 Å². The number of carbonyl (C=O) groups is 1. The second-order valence-electron chi connectivity index (χ2n) is 6.71. The Labute approximate surface area is 150 Å². The largest absolute Gasteiger partial charge is 0.384 e. The number of aromatic nitrogens is 1. The summed E-state index contributed by atoms with van der Waals surface area (Å²) in [6, 6.07) is 11.5. The highest BCUT2D eigenvalue weighted by Crippen LogP contribution is 2.24. The Morgan fingerprint density at radius 2 is 1.92 bits per heavy atom. The summed E-state index contributed by atoms with van der Waals surface area (Å²) in [7, 11) is 4.12. The molecule has 0 fully saturated rings. The second kappa shape index (κ2) is 9.18. The van der Waals surface area contributed by atoms with E-state index in [0.29, 0.717) is 11.6 Å². The van der Waals surface area contributed by atoms with Crippen molar-refractivity contribution in [3.63, 3.8) is 0 Å². The zero-order valence-corrected chi connectivity index (χ0v) is 15.5. The number of anilines is 2. The van der Waals surface area contributed by atoms with Crippen LogP contribution < -0.4 is 10.6 Å². The van der Waals surface area contributed by atoms with Crippen molar-refractivity contribution in [2.45, 2.75) is 26.2 Å². The van der Waals surface area contributed by atoms with Crippen LogP contribution in [0, 0.1) is 0 Å². The van der Waals surface area contributed by atoms with Crippen LogP contribution in [0.4, 0.5) is 11.4 Å². The topological polar surface area (TPSA) is 57.3 Å². The van der Waals surface area contributed by atoms with E-state index in [4.69, 9.17) is 0 Å². The maximum absolute atomic E-state index is 12.4. The van der Waals surface area contributed by atoms with Gasteiger partial charge in [-0.3, -0.25) is 4.79 Å². The highest BCUT2D eigenvalue weighted by atomic mass is 16.1. The molecule has 5 nitrogen and oxygen atoms in total. The van der Waals surface area contributed by atoms with Crippen molar-refractivity contribution in [1.82, 2.24) is 9.88 Å². The summed E-state index contributed by atoms with van der Waals surface area (Å²) in [5.74, 6) is 0.158. The van der Waals surface area contributed by atoms with Crippen molar-refractivity contribution in [3.8, 4) is 0 Å². The number of benzene rings is 1. The quantitative estimate of drug-likeness (QED) is 0.717. The average molecular weight is 340 g/mol. The molecule has 134 valence electrons. The van der Waals surface area contributed by atoms with Crippen LogP contribution >= 0.6 is 0 Å². The third kappa shape index (κ3) is 5.87. The van der Waals surface area contributed by atoms with Crippen molar-refractivity contribution in [3.05, 3.63) is 53.9 Å². The third-order valence-electron chi connectivity index (χ3n) is 3.94. The van der Waals surface area contributed by atoms with Crippen LogP contribution in [0.15, 0.2) is 42.6 Å². The van der Waals surface area contributed by atoms with Gasteiger partial charge in [0.1, 0.15) is 5.69 Å². The Morgan fingerprint density at radius 1 is 1.16 bits per heavy atom. The third-order valence-corrected chi connectivity index (χ3v) is 3.94. The molecule has 0 spiro atoms. The molecule has 1 aromatic heterocycles. The fourth-order valence-corrected chi connectivity index (χ4v) is 2.56. The molecule has 0 aliphatic carbocycles. The van der Waals surface area contributed by atoms with E-state index in [9.17, 15) is 4.79 Å². The van der Waals surface area contributed by atoms with E-state index >= 15 is 0 Å². The van der Waals surface area contributed by atoms with Gasteiger partial charge in [0.25, 0.3) is 5.91 Å². The van der Waals surface area contributed by atoms with Gasteiger partial charge in [0.2, 0.25) is 0 Å². The van der Waals surface area contributed by atoms with Gasteiger partial charge in [-0.15, -0.1) is 0 Å². The molecule has 1 aromatic carbocycles. The minimum absolute atomic E-state index is 0.188. The Bertz CT molecular complexity index is 680. The first-order valence-electron chi connectivity index (χ1n) is 8.72. The molecule has 0 bridgehead atoms. The molecule has 0 atom stereocenters. The summed E-state index contributed by atoms with van der Waals surface area (Å²) in [6.45, 7) is 6.14. The molecule has 0 unspecified atom stereocenters. The monoisotopic (exact) mass is 340 g/mol. The molecule has 0 saturated carbocycles. The molecule has 2 aromatic rings. The first-order valence-corrected chi connectivity index (χ1v) is 8.72. The first kappa shape index (κ1) is 18.9. The van der Waals surface area contributed by atoms with Gasteiger partial charge >= 0.3 is 0 Å². The zero-order valence-electron chi connectivity index (χ0n) is 15.5. The molecule has 0 aliphatic heterocycles. The molecule has 0 aliphatic rings. The summed E-state index contributed by atoms with van der Waals surface area (Å²) in [5.41, 5.74) is 3.31. The van der Waals surface area contributed by atoms with Gasteiger partial charge in [0.05, 0.1) is 11.9 Å². The Morgan fingerprint density at radius 3 is 2.56 bits per heavy atom. The van der Waals surface area contributed by atoms with Crippen LogP contribution in [0.1, 0.15) is 42.2 Å². The maximum Gasteiger partial charge on any atom is 0.274 e. The fourth-order valence-electron chi connectivity index (χ4n) is 2.56. The summed E-state index contributed by atoms with van der Waals surface area (Å²) in [4.78, 5) is 18.9. The zero-order chi connectivity index (χ0) is 18.2. The van der Waals surface area contributed by atoms with Crippen molar-refractivity contribution in [2.75, 3.05) is 37.8 Å². The smallest absolute Gasteiger partial charge is 0.274 e. The number of nitrogens with one attached hydrogen (secondary N) is 2. The highest BCUT2D eigenvalue weighted by Gasteiger charge is 2.11. The van der Waals surface area contributed by atoms with E-state index in [2.05, 4.69) is 48.5 Å². The number of hydrogen-bond acceptors (Lipinski definition) is 4. The number of rotatable bonds is 8. The van der Waals surface area contributed by atoms with Crippen LogP contribution in [0.2, 0.25) is 0 Å². The van der Waals surface area contributed by atoms with E-state index in [-0.39, 0.29) is 5.91 Å². The minimum atomic E-state index is -0.188. The minimum Gasteiger partial charge on any atom is -0.384 e. The predicted octanol–water partition coefficient (Wildman–Crippen LogP) is 3.82. The maximum atomic E-state index is 12.4. The molecular weight excluding hydrogens is 312 g/mol. The van der Waals surface area contributed by atoms with Crippen molar-refractivity contribution >= 4 is 17.3 Å². The number of nitrogens with zero attached hydrogens (tertiary/aromatic N) is 2. The van der Waals surface area contributed by atoms with Gasteiger partial charge in [0, 0.05) is 12.2 Å². The Balaban J connectivity index is 1.94. The van der Waals surface area contributed by atoms with Crippen LogP contribution in [0.25, 0.3) is 0 Å². The summed E-state index contributed by atoms with van der Waals surface area (Å²) in [5, 5.41) is 6.28. The van der Waals surface area contributed by atoms with E-state index in [1.807, 2.05) is 30.3 Å². The molecule has 25 heavy (non-hydrogen) atoms. The molecule has 2 N–H and O–H groups in total. The molecule has 1 amide bonds. The lowest BCUT2D eigenvalue weighted by molar-refractivity contribution is 0.102. The molecule has 5 heteroatoms. The first-order chi connectivity index (χ1) is 12.0.